The van der Waals surface area contributed by atoms with Gasteiger partial charge in [-0.3, -0.25) is 4.79 Å². The largest absolute Gasteiger partial charge is 0.481 e. The monoisotopic (exact) mass is 168 g/mol. The topological polar surface area (TPSA) is 37.3 Å². The van der Waals surface area contributed by atoms with Crippen molar-refractivity contribution in [1.82, 2.24) is 0 Å². The molecule has 0 aromatic carbocycles. The van der Waals surface area contributed by atoms with Crippen LogP contribution in [0.5, 0.6) is 0 Å². The summed E-state index contributed by atoms with van der Waals surface area (Å²) >= 11 is 0. The number of aliphatic carboxylic acids is 1. The highest BCUT2D eigenvalue weighted by molar-refractivity contribution is 5.70. The first kappa shape index (κ1) is 8.09. The van der Waals surface area contributed by atoms with Gasteiger partial charge in [0.05, 0.1) is 5.92 Å². The number of hydrogen-bond acceptors (Lipinski definition) is 1. The molecule has 1 atom stereocenters. The summed E-state index contributed by atoms with van der Waals surface area (Å²) in [6, 6.07) is 0. The molecule has 68 valence electrons. The van der Waals surface area contributed by atoms with Crippen LogP contribution in [0.4, 0.5) is 0 Å². The van der Waals surface area contributed by atoms with E-state index in [1.54, 1.807) is 0 Å². The van der Waals surface area contributed by atoms with Crippen LogP contribution in [0.15, 0.2) is 0 Å². The molecule has 2 aliphatic carbocycles. The molecule has 2 saturated carbocycles. The Hall–Kier alpha value is -0.530. The molecule has 0 heterocycles. The molecule has 2 heteroatoms. The second-order valence-corrected chi connectivity index (χ2v) is 4.31. The van der Waals surface area contributed by atoms with Crippen molar-refractivity contribution in [3.63, 3.8) is 0 Å². The lowest BCUT2D eigenvalue weighted by atomic mass is 9.74. The van der Waals surface area contributed by atoms with Crippen LogP contribution in [0.25, 0.3) is 0 Å². The number of rotatable bonds is 4. The molecule has 0 unspecified atom stereocenters. The SMILES string of the molecule is O=C(O)[C@H](CC1CC1)C1CCC1. The average Bonchev–Trinajstić information content (AvgIpc) is 2.65. The molecular formula is C10H16O2. The molecule has 2 fully saturated rings. The Bertz CT molecular complexity index is 180. The van der Waals surface area contributed by atoms with E-state index in [9.17, 15) is 4.79 Å². The Balaban J connectivity index is 1.86. The Morgan fingerprint density at radius 3 is 2.33 bits per heavy atom. The maximum Gasteiger partial charge on any atom is 0.306 e. The third-order valence-electron chi connectivity index (χ3n) is 3.32. The number of carboxylic acids is 1. The summed E-state index contributed by atoms with van der Waals surface area (Å²) in [5, 5.41) is 8.99. The second-order valence-electron chi connectivity index (χ2n) is 4.31. The normalized spacial score (nSPS) is 26.3. The summed E-state index contributed by atoms with van der Waals surface area (Å²) in [4.78, 5) is 10.9. The maximum absolute atomic E-state index is 10.9. The highest BCUT2D eigenvalue weighted by Crippen LogP contribution is 2.42. The summed E-state index contributed by atoms with van der Waals surface area (Å²) in [6.07, 6.45) is 7.07. The molecule has 0 aromatic rings. The van der Waals surface area contributed by atoms with E-state index in [4.69, 9.17) is 5.11 Å². The van der Waals surface area contributed by atoms with Crippen LogP contribution in [-0.2, 0) is 4.79 Å². The van der Waals surface area contributed by atoms with Gasteiger partial charge in [0.1, 0.15) is 0 Å². The summed E-state index contributed by atoms with van der Waals surface area (Å²) < 4.78 is 0. The van der Waals surface area contributed by atoms with Crippen molar-refractivity contribution in [2.45, 2.75) is 38.5 Å². The van der Waals surface area contributed by atoms with E-state index in [2.05, 4.69) is 0 Å². The van der Waals surface area contributed by atoms with E-state index in [-0.39, 0.29) is 5.92 Å². The van der Waals surface area contributed by atoms with Crippen LogP contribution >= 0.6 is 0 Å². The van der Waals surface area contributed by atoms with Crippen molar-refractivity contribution >= 4 is 5.97 Å². The fourth-order valence-electron chi connectivity index (χ4n) is 2.05. The lowest BCUT2D eigenvalue weighted by Gasteiger charge is -2.31. The fourth-order valence-corrected chi connectivity index (χ4v) is 2.05. The quantitative estimate of drug-likeness (QED) is 0.699. The molecule has 2 nitrogen and oxygen atoms in total. The molecule has 0 aliphatic heterocycles. The fraction of sp³-hybridized carbons (Fsp3) is 0.900. The number of hydrogen-bond donors (Lipinski definition) is 1. The predicted molar refractivity (Wildman–Crippen MR) is 45.8 cm³/mol. The maximum atomic E-state index is 10.9. The van der Waals surface area contributed by atoms with Gasteiger partial charge in [-0.05, 0) is 31.1 Å². The van der Waals surface area contributed by atoms with Gasteiger partial charge in [-0.2, -0.15) is 0 Å². The zero-order chi connectivity index (χ0) is 8.55. The summed E-state index contributed by atoms with van der Waals surface area (Å²) in [6.45, 7) is 0. The number of carbonyl (C=O) groups is 1. The van der Waals surface area contributed by atoms with Crippen LogP contribution in [-0.4, -0.2) is 11.1 Å². The minimum absolute atomic E-state index is 0.00810. The molecule has 0 spiro atoms. The van der Waals surface area contributed by atoms with E-state index in [1.165, 1.54) is 19.3 Å². The molecule has 12 heavy (non-hydrogen) atoms. The summed E-state index contributed by atoms with van der Waals surface area (Å²) in [5.41, 5.74) is 0. The van der Waals surface area contributed by atoms with E-state index >= 15 is 0 Å². The van der Waals surface area contributed by atoms with Crippen LogP contribution < -0.4 is 0 Å². The van der Waals surface area contributed by atoms with Crippen LogP contribution in [0.2, 0.25) is 0 Å². The highest BCUT2D eigenvalue weighted by atomic mass is 16.4. The van der Waals surface area contributed by atoms with Gasteiger partial charge in [0.15, 0.2) is 0 Å². The van der Waals surface area contributed by atoms with Gasteiger partial charge in [0, 0.05) is 0 Å². The Morgan fingerprint density at radius 1 is 1.33 bits per heavy atom. The van der Waals surface area contributed by atoms with Gasteiger partial charge >= 0.3 is 5.97 Å². The van der Waals surface area contributed by atoms with E-state index in [1.807, 2.05) is 0 Å². The minimum atomic E-state index is -0.549. The molecule has 2 rings (SSSR count). The lowest BCUT2D eigenvalue weighted by molar-refractivity contribution is -0.145. The molecule has 2 aliphatic rings. The molecule has 0 radical (unpaired) electrons. The van der Waals surface area contributed by atoms with Crippen LogP contribution in [0, 0.1) is 17.8 Å². The predicted octanol–water partition coefficient (Wildman–Crippen LogP) is 2.29. The van der Waals surface area contributed by atoms with Crippen molar-refractivity contribution in [2.75, 3.05) is 0 Å². The standard InChI is InChI=1S/C10H16O2/c11-10(12)9(6-7-4-5-7)8-2-1-3-8/h7-9H,1-6H2,(H,11,12)/t9-/m1/s1. The Labute approximate surface area is 73.0 Å². The van der Waals surface area contributed by atoms with Gasteiger partial charge < -0.3 is 5.11 Å². The van der Waals surface area contributed by atoms with E-state index in [0.717, 1.165) is 25.2 Å². The third-order valence-corrected chi connectivity index (χ3v) is 3.32. The van der Waals surface area contributed by atoms with Crippen LogP contribution in [0.3, 0.4) is 0 Å². The third kappa shape index (κ3) is 1.62. The molecule has 0 amide bonds. The zero-order valence-corrected chi connectivity index (χ0v) is 7.33. The molecule has 0 aromatic heterocycles. The van der Waals surface area contributed by atoms with Crippen molar-refractivity contribution in [3.05, 3.63) is 0 Å². The van der Waals surface area contributed by atoms with Crippen molar-refractivity contribution in [2.24, 2.45) is 17.8 Å². The zero-order valence-electron chi connectivity index (χ0n) is 7.33. The summed E-state index contributed by atoms with van der Waals surface area (Å²) in [5.74, 6) is 0.715. The summed E-state index contributed by atoms with van der Waals surface area (Å²) in [7, 11) is 0. The van der Waals surface area contributed by atoms with E-state index < -0.39 is 5.97 Å². The van der Waals surface area contributed by atoms with Crippen molar-refractivity contribution in [3.8, 4) is 0 Å². The van der Waals surface area contributed by atoms with E-state index in [0.29, 0.717) is 5.92 Å². The van der Waals surface area contributed by atoms with Gasteiger partial charge in [-0.1, -0.05) is 19.3 Å². The average molecular weight is 168 g/mol. The molecule has 1 N–H and O–H groups in total. The number of carboxylic acid groups (broad SMARTS) is 1. The molecular weight excluding hydrogens is 152 g/mol. The first-order chi connectivity index (χ1) is 5.77. The molecule has 0 saturated heterocycles. The first-order valence-corrected chi connectivity index (χ1v) is 5.00. The Morgan fingerprint density at radius 2 is 2.00 bits per heavy atom. The van der Waals surface area contributed by atoms with Gasteiger partial charge in [0.2, 0.25) is 0 Å². The molecule has 0 bridgehead atoms. The smallest absolute Gasteiger partial charge is 0.306 e. The van der Waals surface area contributed by atoms with Gasteiger partial charge in [-0.25, -0.2) is 0 Å². The highest BCUT2D eigenvalue weighted by Gasteiger charge is 2.36. The van der Waals surface area contributed by atoms with Crippen molar-refractivity contribution in [1.29, 1.82) is 0 Å². The van der Waals surface area contributed by atoms with Gasteiger partial charge in [-0.15, -0.1) is 0 Å². The second kappa shape index (κ2) is 3.08. The lowest BCUT2D eigenvalue weighted by Crippen LogP contribution is -2.29. The minimum Gasteiger partial charge on any atom is -0.481 e. The van der Waals surface area contributed by atoms with Crippen molar-refractivity contribution < 1.29 is 9.90 Å². The first-order valence-electron chi connectivity index (χ1n) is 5.00. The van der Waals surface area contributed by atoms with Gasteiger partial charge in [0.25, 0.3) is 0 Å². The Kier molecular flexibility index (Phi) is 2.07. The van der Waals surface area contributed by atoms with Crippen LogP contribution in [0.1, 0.15) is 38.5 Å².